The SMILES string of the molecule is CCC(NS(=O)(=O)c1ccc(C)c(F)c1)C1CC(O)C1. The van der Waals surface area contributed by atoms with E-state index in [0.717, 1.165) is 6.07 Å². The lowest BCUT2D eigenvalue weighted by molar-refractivity contribution is 0.0277. The molecule has 0 heterocycles. The third-order valence-electron chi connectivity index (χ3n) is 3.92. The molecule has 1 aliphatic rings. The quantitative estimate of drug-likeness (QED) is 0.873. The summed E-state index contributed by atoms with van der Waals surface area (Å²) in [6, 6.07) is 3.69. The van der Waals surface area contributed by atoms with Gasteiger partial charge in [-0.3, -0.25) is 0 Å². The Balaban J connectivity index is 2.15. The van der Waals surface area contributed by atoms with E-state index in [1.165, 1.54) is 12.1 Å². The minimum absolute atomic E-state index is 0.0566. The second-order valence-corrected chi connectivity index (χ2v) is 7.15. The van der Waals surface area contributed by atoms with E-state index in [4.69, 9.17) is 0 Å². The van der Waals surface area contributed by atoms with Crippen molar-refractivity contribution in [3.63, 3.8) is 0 Å². The van der Waals surface area contributed by atoms with Crippen LogP contribution in [0.15, 0.2) is 23.1 Å². The van der Waals surface area contributed by atoms with Crippen LogP contribution in [0, 0.1) is 18.7 Å². The number of nitrogens with one attached hydrogen (secondary N) is 1. The highest BCUT2D eigenvalue weighted by molar-refractivity contribution is 7.89. The summed E-state index contributed by atoms with van der Waals surface area (Å²) in [5.74, 6) is -0.375. The molecular weight excluding hydrogens is 281 g/mol. The molecule has 1 saturated carbocycles. The van der Waals surface area contributed by atoms with Crippen LogP contribution in [0.1, 0.15) is 31.7 Å². The van der Waals surface area contributed by atoms with Crippen molar-refractivity contribution in [2.75, 3.05) is 0 Å². The van der Waals surface area contributed by atoms with Crippen molar-refractivity contribution in [1.29, 1.82) is 0 Å². The normalized spacial score (nSPS) is 24.2. The van der Waals surface area contributed by atoms with Gasteiger partial charge in [0, 0.05) is 6.04 Å². The maximum Gasteiger partial charge on any atom is 0.240 e. The summed E-state index contributed by atoms with van der Waals surface area (Å²) >= 11 is 0. The molecule has 0 saturated heterocycles. The molecule has 1 unspecified atom stereocenters. The summed E-state index contributed by atoms with van der Waals surface area (Å²) in [5.41, 5.74) is 0.415. The smallest absolute Gasteiger partial charge is 0.240 e. The van der Waals surface area contributed by atoms with Crippen molar-refractivity contribution in [1.82, 2.24) is 4.72 Å². The van der Waals surface area contributed by atoms with Crippen molar-refractivity contribution < 1.29 is 17.9 Å². The Morgan fingerprint density at radius 2 is 2.10 bits per heavy atom. The molecule has 1 atom stereocenters. The lowest BCUT2D eigenvalue weighted by Gasteiger charge is -2.37. The minimum atomic E-state index is -3.72. The molecule has 0 bridgehead atoms. The van der Waals surface area contributed by atoms with Crippen molar-refractivity contribution in [3.8, 4) is 0 Å². The maximum atomic E-state index is 13.5. The van der Waals surface area contributed by atoms with E-state index in [1.54, 1.807) is 6.92 Å². The van der Waals surface area contributed by atoms with E-state index in [-0.39, 0.29) is 23.0 Å². The number of sulfonamides is 1. The van der Waals surface area contributed by atoms with Gasteiger partial charge in [0.2, 0.25) is 10.0 Å². The zero-order valence-electron chi connectivity index (χ0n) is 11.6. The zero-order valence-corrected chi connectivity index (χ0v) is 12.5. The third-order valence-corrected chi connectivity index (χ3v) is 5.41. The van der Waals surface area contributed by atoms with Crippen LogP contribution in [0.5, 0.6) is 0 Å². The number of halogens is 1. The van der Waals surface area contributed by atoms with Gasteiger partial charge < -0.3 is 5.11 Å². The summed E-state index contributed by atoms with van der Waals surface area (Å²) in [5, 5.41) is 9.32. The van der Waals surface area contributed by atoms with E-state index in [9.17, 15) is 17.9 Å². The molecule has 1 aliphatic carbocycles. The number of aryl methyl sites for hydroxylation is 1. The Labute approximate surface area is 119 Å². The van der Waals surface area contributed by atoms with Gasteiger partial charge in [0.15, 0.2) is 0 Å². The Kier molecular flexibility index (Phi) is 4.46. The molecule has 112 valence electrons. The topological polar surface area (TPSA) is 66.4 Å². The lowest BCUT2D eigenvalue weighted by Crippen LogP contribution is -2.46. The molecule has 1 fully saturated rings. The fourth-order valence-electron chi connectivity index (χ4n) is 2.48. The second kappa shape index (κ2) is 5.79. The van der Waals surface area contributed by atoms with Crippen LogP contribution >= 0.6 is 0 Å². The van der Waals surface area contributed by atoms with E-state index in [1.807, 2.05) is 6.92 Å². The lowest BCUT2D eigenvalue weighted by atomic mass is 9.77. The molecule has 4 nitrogen and oxygen atoms in total. The fourth-order valence-corrected chi connectivity index (χ4v) is 3.88. The average Bonchev–Trinajstić information content (AvgIpc) is 2.35. The number of aliphatic hydroxyl groups excluding tert-OH is 1. The molecule has 20 heavy (non-hydrogen) atoms. The molecule has 0 spiro atoms. The zero-order chi connectivity index (χ0) is 14.9. The first-order chi connectivity index (χ1) is 9.33. The first-order valence-electron chi connectivity index (χ1n) is 6.80. The van der Waals surface area contributed by atoms with Crippen LogP contribution in [0.4, 0.5) is 4.39 Å². The van der Waals surface area contributed by atoms with Crippen LogP contribution in [0.2, 0.25) is 0 Å². The van der Waals surface area contributed by atoms with Crippen LogP contribution in [-0.4, -0.2) is 25.7 Å². The number of rotatable bonds is 5. The molecule has 2 N–H and O–H groups in total. The molecular formula is C14H20FNO3S. The molecule has 2 rings (SSSR count). The highest BCUT2D eigenvalue weighted by atomic mass is 32.2. The van der Waals surface area contributed by atoms with E-state index in [0.29, 0.717) is 24.8 Å². The van der Waals surface area contributed by atoms with Gasteiger partial charge in [-0.05, 0) is 49.8 Å². The Hall–Kier alpha value is -0.980. The van der Waals surface area contributed by atoms with E-state index >= 15 is 0 Å². The predicted molar refractivity (Wildman–Crippen MR) is 74.3 cm³/mol. The highest BCUT2D eigenvalue weighted by Gasteiger charge is 2.35. The Morgan fingerprint density at radius 1 is 1.45 bits per heavy atom. The molecule has 0 radical (unpaired) electrons. The fraction of sp³-hybridized carbons (Fsp3) is 0.571. The van der Waals surface area contributed by atoms with Gasteiger partial charge in [-0.25, -0.2) is 17.5 Å². The van der Waals surface area contributed by atoms with Crippen LogP contribution < -0.4 is 4.72 Å². The number of benzene rings is 1. The highest BCUT2D eigenvalue weighted by Crippen LogP contribution is 2.32. The summed E-state index contributed by atoms with van der Waals surface area (Å²) in [6.45, 7) is 3.48. The van der Waals surface area contributed by atoms with Crippen LogP contribution in [0.25, 0.3) is 0 Å². The van der Waals surface area contributed by atoms with Gasteiger partial charge in [-0.1, -0.05) is 13.0 Å². The monoisotopic (exact) mass is 301 g/mol. The summed E-state index contributed by atoms with van der Waals surface area (Å²) in [7, 11) is -3.72. The first-order valence-corrected chi connectivity index (χ1v) is 8.28. The van der Waals surface area contributed by atoms with Crippen LogP contribution in [-0.2, 0) is 10.0 Å². The number of aliphatic hydroxyl groups is 1. The van der Waals surface area contributed by atoms with E-state index in [2.05, 4.69) is 4.72 Å². The predicted octanol–water partition coefficient (Wildman–Crippen LogP) is 1.96. The second-order valence-electron chi connectivity index (χ2n) is 5.43. The van der Waals surface area contributed by atoms with Gasteiger partial charge in [0.25, 0.3) is 0 Å². The van der Waals surface area contributed by atoms with Gasteiger partial charge >= 0.3 is 0 Å². The molecule has 0 amide bonds. The largest absolute Gasteiger partial charge is 0.393 e. The van der Waals surface area contributed by atoms with Gasteiger partial charge in [-0.15, -0.1) is 0 Å². The molecule has 6 heteroatoms. The standard InChI is InChI=1S/C14H20FNO3S/c1-3-14(10-6-11(17)7-10)16-20(18,19)12-5-4-9(2)13(15)8-12/h4-5,8,10-11,14,16-17H,3,6-7H2,1-2H3. The summed E-state index contributed by atoms with van der Waals surface area (Å²) in [4.78, 5) is -0.0566. The number of hydrogen-bond acceptors (Lipinski definition) is 3. The average molecular weight is 301 g/mol. The van der Waals surface area contributed by atoms with Crippen LogP contribution in [0.3, 0.4) is 0 Å². The summed E-state index contributed by atoms with van der Waals surface area (Å²) < 4.78 is 40.6. The van der Waals surface area contributed by atoms with Crippen molar-refractivity contribution in [2.45, 2.75) is 50.2 Å². The summed E-state index contributed by atoms with van der Waals surface area (Å²) in [6.07, 6.45) is 1.55. The van der Waals surface area contributed by atoms with Crippen molar-refractivity contribution in [2.24, 2.45) is 5.92 Å². The van der Waals surface area contributed by atoms with Gasteiger partial charge in [0.05, 0.1) is 11.0 Å². The molecule has 1 aromatic carbocycles. The Morgan fingerprint density at radius 3 is 2.60 bits per heavy atom. The molecule has 0 aliphatic heterocycles. The van der Waals surface area contributed by atoms with Crippen molar-refractivity contribution >= 4 is 10.0 Å². The molecule has 1 aromatic rings. The minimum Gasteiger partial charge on any atom is -0.393 e. The van der Waals surface area contributed by atoms with Crippen molar-refractivity contribution in [3.05, 3.63) is 29.6 Å². The maximum absolute atomic E-state index is 13.5. The Bertz CT molecular complexity index is 582. The first kappa shape index (κ1) is 15.4. The third kappa shape index (κ3) is 3.19. The van der Waals surface area contributed by atoms with E-state index < -0.39 is 15.8 Å². The van der Waals surface area contributed by atoms with Gasteiger partial charge in [-0.2, -0.15) is 0 Å². The number of hydrogen-bond donors (Lipinski definition) is 2. The molecule has 0 aromatic heterocycles. The van der Waals surface area contributed by atoms with Gasteiger partial charge in [0.1, 0.15) is 5.82 Å².